The first kappa shape index (κ1) is 18.2. The molecule has 1 aliphatic rings. The van der Waals surface area contributed by atoms with Crippen molar-refractivity contribution in [2.24, 2.45) is 10.7 Å². The van der Waals surface area contributed by atoms with Crippen LogP contribution in [0.25, 0.3) is 0 Å². The van der Waals surface area contributed by atoms with E-state index in [4.69, 9.17) is 15.2 Å². The maximum Gasteiger partial charge on any atom is 0.254 e. The first-order valence-electron chi connectivity index (χ1n) is 7.73. The quantitative estimate of drug-likeness (QED) is 0.837. The lowest BCUT2D eigenvalue weighted by atomic mass is 10.1. The molecule has 5 nitrogen and oxygen atoms in total. The Kier molecular flexibility index (Phi) is 5.41. The van der Waals surface area contributed by atoms with Crippen LogP contribution in [0.2, 0.25) is 0 Å². The average Bonchev–Trinajstić information content (AvgIpc) is 3.10. The second-order valence-corrected chi connectivity index (χ2v) is 6.60. The van der Waals surface area contributed by atoms with Crippen LogP contribution >= 0.6 is 11.8 Å². The van der Waals surface area contributed by atoms with Gasteiger partial charge in [-0.3, -0.25) is 9.79 Å². The van der Waals surface area contributed by atoms with E-state index in [1.807, 2.05) is 24.3 Å². The van der Waals surface area contributed by atoms with Crippen LogP contribution in [-0.4, -0.2) is 30.4 Å². The number of amides is 1. The number of thioether (sulfide) groups is 1. The highest BCUT2D eigenvalue weighted by Crippen LogP contribution is 2.32. The van der Waals surface area contributed by atoms with Crippen LogP contribution in [0.4, 0.5) is 8.78 Å². The van der Waals surface area contributed by atoms with Gasteiger partial charge >= 0.3 is 0 Å². The van der Waals surface area contributed by atoms with Gasteiger partial charge in [0.05, 0.1) is 13.2 Å². The van der Waals surface area contributed by atoms with Crippen molar-refractivity contribution in [2.45, 2.75) is 6.04 Å². The summed E-state index contributed by atoms with van der Waals surface area (Å²) in [5.41, 5.74) is 5.23. The lowest BCUT2D eigenvalue weighted by Crippen LogP contribution is -2.17. The van der Waals surface area contributed by atoms with Gasteiger partial charge < -0.3 is 15.2 Å². The first-order chi connectivity index (χ1) is 12.5. The summed E-state index contributed by atoms with van der Waals surface area (Å²) in [6.07, 6.45) is 0. The van der Waals surface area contributed by atoms with Gasteiger partial charge in [0.15, 0.2) is 11.6 Å². The van der Waals surface area contributed by atoms with Crippen molar-refractivity contribution in [2.75, 3.05) is 19.5 Å². The minimum absolute atomic E-state index is 0.0243. The van der Waals surface area contributed by atoms with E-state index in [-0.39, 0.29) is 18.4 Å². The van der Waals surface area contributed by atoms with Gasteiger partial charge in [-0.05, 0) is 29.8 Å². The van der Waals surface area contributed by atoms with E-state index in [0.29, 0.717) is 5.04 Å². The number of methoxy groups -OCH3 is 1. The van der Waals surface area contributed by atoms with Crippen LogP contribution < -0.4 is 15.2 Å². The number of primary amides is 1. The highest BCUT2D eigenvalue weighted by Gasteiger charge is 2.22. The van der Waals surface area contributed by atoms with Crippen LogP contribution in [-0.2, 0) is 0 Å². The molecular formula is C18H16F2N2O3S. The second-order valence-electron chi connectivity index (χ2n) is 5.51. The summed E-state index contributed by atoms with van der Waals surface area (Å²) in [5, 5.41) is 0.690. The first-order valence-corrected chi connectivity index (χ1v) is 8.72. The zero-order chi connectivity index (χ0) is 18.7. The fourth-order valence-corrected chi connectivity index (χ4v) is 3.47. The molecular weight excluding hydrogens is 362 g/mol. The molecule has 1 heterocycles. The fraction of sp³-hybridized carbons (Fsp3) is 0.222. The summed E-state index contributed by atoms with van der Waals surface area (Å²) >= 11 is 1.50. The Morgan fingerprint density at radius 1 is 1.27 bits per heavy atom. The number of nitrogens with zero attached hydrogens (tertiary/aromatic N) is 1. The Labute approximate surface area is 153 Å². The van der Waals surface area contributed by atoms with Crippen molar-refractivity contribution in [3.8, 4) is 11.5 Å². The third-order valence-corrected chi connectivity index (χ3v) is 4.90. The van der Waals surface area contributed by atoms with Crippen molar-refractivity contribution >= 4 is 22.7 Å². The molecule has 2 N–H and O–H groups in total. The number of carbonyl (C=O) groups is 1. The zero-order valence-corrected chi connectivity index (χ0v) is 14.7. The highest BCUT2D eigenvalue weighted by atomic mass is 32.2. The number of benzene rings is 2. The van der Waals surface area contributed by atoms with Crippen molar-refractivity contribution in [3.63, 3.8) is 0 Å². The minimum Gasteiger partial charge on any atom is -0.497 e. The van der Waals surface area contributed by atoms with Crippen molar-refractivity contribution in [1.82, 2.24) is 0 Å². The molecule has 0 saturated heterocycles. The fourth-order valence-electron chi connectivity index (χ4n) is 2.51. The topological polar surface area (TPSA) is 73.9 Å². The normalized spacial score (nSPS) is 16.3. The highest BCUT2D eigenvalue weighted by molar-refractivity contribution is 8.14. The van der Waals surface area contributed by atoms with Gasteiger partial charge in [0.25, 0.3) is 5.91 Å². The van der Waals surface area contributed by atoms with E-state index < -0.39 is 23.1 Å². The molecule has 26 heavy (non-hydrogen) atoms. The molecule has 0 spiro atoms. The molecule has 0 bridgehead atoms. The Bertz CT molecular complexity index is 856. The average molecular weight is 378 g/mol. The van der Waals surface area contributed by atoms with Gasteiger partial charge in [0.1, 0.15) is 28.8 Å². The molecule has 0 radical (unpaired) electrons. The van der Waals surface area contributed by atoms with Gasteiger partial charge in [-0.2, -0.15) is 0 Å². The molecule has 1 atom stereocenters. The number of halogens is 2. The smallest absolute Gasteiger partial charge is 0.254 e. The van der Waals surface area contributed by atoms with E-state index in [2.05, 4.69) is 4.99 Å². The molecule has 136 valence electrons. The van der Waals surface area contributed by atoms with Gasteiger partial charge in [-0.25, -0.2) is 8.78 Å². The summed E-state index contributed by atoms with van der Waals surface area (Å²) in [4.78, 5) is 15.7. The van der Waals surface area contributed by atoms with Crippen LogP contribution in [0.1, 0.15) is 22.0 Å². The van der Waals surface area contributed by atoms with Crippen molar-refractivity contribution < 1.29 is 23.0 Å². The standard InChI is InChI=1S/C18H16F2N2O3S/c1-24-11-4-2-10(3-5-11)13-9-26-15(22-13)8-25-14-7-6-12(19)16(17(14)20)18(21)23/h2-7,13H,8-9H2,1H3,(H2,21,23). The molecule has 1 aliphatic heterocycles. The Balaban J connectivity index is 1.69. The van der Waals surface area contributed by atoms with Crippen LogP contribution in [0.5, 0.6) is 11.5 Å². The molecule has 0 aromatic heterocycles. The minimum atomic E-state index is -1.18. The van der Waals surface area contributed by atoms with E-state index in [1.54, 1.807) is 7.11 Å². The van der Waals surface area contributed by atoms with E-state index in [9.17, 15) is 13.6 Å². The number of nitrogens with two attached hydrogens (primary N) is 1. The van der Waals surface area contributed by atoms with Crippen LogP contribution in [0.3, 0.4) is 0 Å². The maximum atomic E-state index is 14.1. The third kappa shape index (κ3) is 3.80. The lowest BCUT2D eigenvalue weighted by molar-refractivity contribution is 0.0991. The molecule has 0 fully saturated rings. The molecule has 2 aromatic rings. The molecule has 0 aliphatic carbocycles. The lowest BCUT2D eigenvalue weighted by Gasteiger charge is -2.09. The van der Waals surface area contributed by atoms with Crippen LogP contribution in [0, 0.1) is 11.6 Å². The van der Waals surface area contributed by atoms with Gasteiger partial charge in [0, 0.05) is 5.75 Å². The van der Waals surface area contributed by atoms with E-state index in [1.165, 1.54) is 11.8 Å². The van der Waals surface area contributed by atoms with E-state index in [0.717, 1.165) is 29.2 Å². The Morgan fingerprint density at radius 3 is 2.65 bits per heavy atom. The Hall–Kier alpha value is -2.61. The predicted octanol–water partition coefficient (Wildman–Crippen LogP) is 3.34. The summed E-state index contributed by atoms with van der Waals surface area (Å²) < 4.78 is 38.1. The van der Waals surface area contributed by atoms with Gasteiger partial charge in [-0.15, -0.1) is 11.8 Å². The SMILES string of the molecule is COc1ccc(C2CSC(COc3ccc(F)c(C(N)=O)c3F)=N2)cc1. The monoisotopic (exact) mass is 378 g/mol. The predicted molar refractivity (Wildman–Crippen MR) is 96.0 cm³/mol. The molecule has 3 rings (SSSR count). The zero-order valence-electron chi connectivity index (χ0n) is 13.9. The molecule has 2 aromatic carbocycles. The second kappa shape index (κ2) is 7.74. The van der Waals surface area contributed by atoms with Crippen LogP contribution in [0.15, 0.2) is 41.4 Å². The summed E-state index contributed by atoms with van der Waals surface area (Å²) in [7, 11) is 1.60. The summed E-state index contributed by atoms with van der Waals surface area (Å²) in [6.45, 7) is 0.0259. The number of aliphatic imine (C=N–C) groups is 1. The maximum absolute atomic E-state index is 14.1. The number of carbonyl (C=O) groups excluding carboxylic acids is 1. The summed E-state index contributed by atoms with van der Waals surface area (Å²) in [5.74, 6) is -2.04. The van der Waals surface area contributed by atoms with E-state index >= 15 is 0 Å². The van der Waals surface area contributed by atoms with Gasteiger partial charge in [0.2, 0.25) is 0 Å². The van der Waals surface area contributed by atoms with Crippen molar-refractivity contribution in [1.29, 1.82) is 0 Å². The Morgan fingerprint density at radius 2 is 2.00 bits per heavy atom. The van der Waals surface area contributed by atoms with Crippen molar-refractivity contribution in [3.05, 3.63) is 59.2 Å². The third-order valence-electron chi connectivity index (χ3n) is 3.86. The number of hydrogen-bond donors (Lipinski definition) is 1. The largest absolute Gasteiger partial charge is 0.497 e. The number of ether oxygens (including phenoxy) is 2. The molecule has 0 saturated carbocycles. The molecule has 1 unspecified atom stereocenters. The number of hydrogen-bond acceptors (Lipinski definition) is 5. The summed E-state index contributed by atoms with van der Waals surface area (Å²) in [6, 6.07) is 9.66. The molecule has 8 heteroatoms. The number of rotatable bonds is 6. The van der Waals surface area contributed by atoms with Gasteiger partial charge in [-0.1, -0.05) is 12.1 Å². The molecule has 1 amide bonds.